The molecule has 8 heteroatoms. The molecule has 1 saturated heterocycles. The molecule has 1 atom stereocenters. The lowest BCUT2D eigenvalue weighted by Crippen LogP contribution is -2.47. The van der Waals surface area contributed by atoms with E-state index in [4.69, 9.17) is 11.6 Å². The van der Waals surface area contributed by atoms with Crippen LogP contribution in [0, 0.1) is 0 Å². The zero-order valence-electron chi connectivity index (χ0n) is 14.2. The molecule has 1 aliphatic rings. The summed E-state index contributed by atoms with van der Waals surface area (Å²) in [4.78, 5) is 24.7. The van der Waals surface area contributed by atoms with Crippen LogP contribution in [0.2, 0.25) is 5.02 Å². The van der Waals surface area contributed by atoms with Crippen molar-refractivity contribution in [1.82, 2.24) is 9.88 Å². The highest BCUT2D eigenvalue weighted by atomic mass is 35.5. The Morgan fingerprint density at radius 3 is 2.65 bits per heavy atom. The van der Waals surface area contributed by atoms with Crippen molar-refractivity contribution in [2.75, 3.05) is 11.5 Å². The number of hydrogen-bond donors (Lipinski definition) is 1. The number of pyridine rings is 1. The Kier molecular flexibility index (Phi) is 4.94. The number of carbonyl (C=O) groups is 1. The van der Waals surface area contributed by atoms with Gasteiger partial charge in [0.05, 0.1) is 29.2 Å². The van der Waals surface area contributed by atoms with Crippen LogP contribution < -0.4 is 10.9 Å². The number of nitrogens with zero attached hydrogens (tertiary/aromatic N) is 1. The highest BCUT2D eigenvalue weighted by Crippen LogP contribution is 2.23. The SMILES string of the molecule is C[C@]1(NC(=O)c2ccc(=O)n(Cc3ccccc3Cl)c2)CCS(=O)(=O)C1. The van der Waals surface area contributed by atoms with E-state index in [-0.39, 0.29) is 23.6 Å². The van der Waals surface area contributed by atoms with Gasteiger partial charge in [0.2, 0.25) is 0 Å². The van der Waals surface area contributed by atoms with E-state index >= 15 is 0 Å². The predicted molar refractivity (Wildman–Crippen MR) is 100 cm³/mol. The minimum Gasteiger partial charge on any atom is -0.346 e. The molecule has 0 aliphatic carbocycles. The van der Waals surface area contributed by atoms with Crippen LogP contribution in [0.4, 0.5) is 0 Å². The van der Waals surface area contributed by atoms with Gasteiger partial charge in [-0.15, -0.1) is 0 Å². The normalized spacial score (nSPS) is 21.5. The minimum atomic E-state index is -3.13. The standard InChI is InChI=1S/C18H19ClN2O4S/c1-18(8-9-26(24,25)12-18)20-17(23)14-6-7-16(22)21(11-14)10-13-4-2-3-5-15(13)19/h2-7,11H,8-10,12H2,1H3,(H,20,23)/t18-/m0/s1. The zero-order valence-corrected chi connectivity index (χ0v) is 15.8. The first-order chi connectivity index (χ1) is 12.2. The van der Waals surface area contributed by atoms with E-state index in [0.29, 0.717) is 17.0 Å². The van der Waals surface area contributed by atoms with Crippen molar-refractivity contribution >= 4 is 27.3 Å². The third-order valence-corrected chi connectivity index (χ3v) is 6.73. The van der Waals surface area contributed by atoms with Gasteiger partial charge in [-0.25, -0.2) is 8.42 Å². The van der Waals surface area contributed by atoms with E-state index in [1.54, 1.807) is 19.1 Å². The number of amides is 1. The largest absolute Gasteiger partial charge is 0.346 e. The lowest BCUT2D eigenvalue weighted by atomic mass is 10.0. The molecular formula is C18H19ClN2O4S. The second kappa shape index (κ2) is 6.89. The number of halogens is 1. The molecule has 0 spiro atoms. The molecule has 6 nitrogen and oxygen atoms in total. The monoisotopic (exact) mass is 394 g/mol. The molecule has 3 rings (SSSR count). The molecule has 138 valence electrons. The second-order valence-corrected chi connectivity index (χ2v) is 9.42. The van der Waals surface area contributed by atoms with Crippen LogP contribution in [0.15, 0.2) is 47.4 Å². The van der Waals surface area contributed by atoms with Crippen LogP contribution in [0.1, 0.15) is 29.3 Å². The maximum absolute atomic E-state index is 12.6. The quantitative estimate of drug-likeness (QED) is 0.857. The first-order valence-corrected chi connectivity index (χ1v) is 10.3. The van der Waals surface area contributed by atoms with E-state index in [9.17, 15) is 18.0 Å². The molecule has 0 bridgehead atoms. The van der Waals surface area contributed by atoms with Gasteiger partial charge in [-0.05, 0) is 31.0 Å². The first kappa shape index (κ1) is 18.7. The fourth-order valence-corrected chi connectivity index (χ4v) is 5.34. The summed E-state index contributed by atoms with van der Waals surface area (Å²) in [5.41, 5.74) is 0.0144. The summed E-state index contributed by atoms with van der Waals surface area (Å²) < 4.78 is 24.8. The summed E-state index contributed by atoms with van der Waals surface area (Å²) in [5.74, 6) is -0.418. The van der Waals surface area contributed by atoms with Gasteiger partial charge in [0, 0.05) is 17.3 Å². The smallest absolute Gasteiger partial charge is 0.253 e. The van der Waals surface area contributed by atoms with Crippen molar-refractivity contribution in [3.63, 3.8) is 0 Å². The van der Waals surface area contributed by atoms with Crippen molar-refractivity contribution in [3.05, 3.63) is 69.1 Å². The molecule has 1 aromatic heterocycles. The highest BCUT2D eigenvalue weighted by Gasteiger charge is 2.39. The number of sulfone groups is 1. The van der Waals surface area contributed by atoms with Gasteiger partial charge in [0.1, 0.15) is 0 Å². The average Bonchev–Trinajstić information content (AvgIpc) is 2.84. The van der Waals surface area contributed by atoms with Crippen LogP contribution in [-0.4, -0.2) is 35.9 Å². The van der Waals surface area contributed by atoms with Gasteiger partial charge in [-0.3, -0.25) is 9.59 Å². The molecule has 0 saturated carbocycles. The third-order valence-electron chi connectivity index (χ3n) is 4.46. The molecular weight excluding hydrogens is 376 g/mol. The molecule has 0 unspecified atom stereocenters. The van der Waals surface area contributed by atoms with Crippen LogP contribution in [0.5, 0.6) is 0 Å². The van der Waals surface area contributed by atoms with Crippen LogP contribution in [-0.2, 0) is 16.4 Å². The van der Waals surface area contributed by atoms with E-state index in [1.807, 2.05) is 12.1 Å². The Hall–Kier alpha value is -2.12. The highest BCUT2D eigenvalue weighted by molar-refractivity contribution is 7.91. The second-order valence-electron chi connectivity index (χ2n) is 6.83. The van der Waals surface area contributed by atoms with Crippen molar-refractivity contribution in [3.8, 4) is 0 Å². The van der Waals surface area contributed by atoms with E-state index in [2.05, 4.69) is 5.32 Å². The van der Waals surface area contributed by atoms with Gasteiger partial charge in [-0.2, -0.15) is 0 Å². The van der Waals surface area contributed by atoms with E-state index in [1.165, 1.54) is 22.9 Å². The average molecular weight is 395 g/mol. The lowest BCUT2D eigenvalue weighted by molar-refractivity contribution is 0.0914. The lowest BCUT2D eigenvalue weighted by Gasteiger charge is -2.24. The zero-order chi connectivity index (χ0) is 18.9. The van der Waals surface area contributed by atoms with Gasteiger partial charge in [0.15, 0.2) is 9.84 Å². The molecule has 2 aromatic rings. The predicted octanol–water partition coefficient (Wildman–Crippen LogP) is 1.86. The Morgan fingerprint density at radius 1 is 1.27 bits per heavy atom. The molecule has 1 fully saturated rings. The van der Waals surface area contributed by atoms with E-state index in [0.717, 1.165) is 5.56 Å². The molecule has 1 N–H and O–H groups in total. The van der Waals surface area contributed by atoms with Crippen molar-refractivity contribution < 1.29 is 13.2 Å². The summed E-state index contributed by atoms with van der Waals surface area (Å²) in [6.07, 6.45) is 1.84. The van der Waals surface area contributed by atoms with Crippen LogP contribution >= 0.6 is 11.6 Å². The Bertz CT molecular complexity index is 1020. The minimum absolute atomic E-state index is 0.0653. The van der Waals surface area contributed by atoms with Gasteiger partial charge >= 0.3 is 0 Å². The summed E-state index contributed by atoms with van der Waals surface area (Å²) in [7, 11) is -3.13. The molecule has 2 heterocycles. The maximum Gasteiger partial charge on any atom is 0.253 e. The summed E-state index contributed by atoms with van der Waals surface area (Å²) >= 11 is 6.14. The topological polar surface area (TPSA) is 85.2 Å². The van der Waals surface area contributed by atoms with Crippen molar-refractivity contribution in [2.45, 2.75) is 25.4 Å². The van der Waals surface area contributed by atoms with Gasteiger partial charge in [-0.1, -0.05) is 29.8 Å². The molecule has 1 aliphatic heterocycles. The number of benzene rings is 1. The number of rotatable bonds is 4. The van der Waals surface area contributed by atoms with Crippen LogP contribution in [0.25, 0.3) is 0 Å². The fourth-order valence-electron chi connectivity index (χ4n) is 3.05. The summed E-state index contributed by atoms with van der Waals surface area (Å²) in [6, 6.07) is 9.93. The number of aromatic nitrogens is 1. The Balaban J connectivity index is 1.82. The van der Waals surface area contributed by atoms with Gasteiger partial charge < -0.3 is 9.88 Å². The number of carbonyl (C=O) groups excluding carboxylic acids is 1. The Morgan fingerprint density at radius 2 is 2.00 bits per heavy atom. The molecule has 1 amide bonds. The summed E-state index contributed by atoms with van der Waals surface area (Å²) in [6.45, 7) is 1.96. The fraction of sp³-hybridized carbons (Fsp3) is 0.333. The Labute approximate surface area is 156 Å². The number of nitrogens with one attached hydrogen (secondary N) is 1. The van der Waals surface area contributed by atoms with Gasteiger partial charge in [0.25, 0.3) is 11.5 Å². The number of hydrogen-bond acceptors (Lipinski definition) is 4. The molecule has 1 aromatic carbocycles. The molecule has 26 heavy (non-hydrogen) atoms. The molecule has 0 radical (unpaired) electrons. The first-order valence-electron chi connectivity index (χ1n) is 8.14. The van der Waals surface area contributed by atoms with Crippen molar-refractivity contribution in [2.24, 2.45) is 0 Å². The van der Waals surface area contributed by atoms with E-state index < -0.39 is 21.3 Å². The van der Waals surface area contributed by atoms with Crippen molar-refractivity contribution in [1.29, 1.82) is 0 Å². The third kappa shape index (κ3) is 4.16. The van der Waals surface area contributed by atoms with Crippen LogP contribution in [0.3, 0.4) is 0 Å². The maximum atomic E-state index is 12.6. The summed E-state index contributed by atoms with van der Waals surface area (Å²) in [5, 5.41) is 3.33.